The topological polar surface area (TPSA) is 24.5 Å². The molecule has 0 aromatic heterocycles. The van der Waals surface area contributed by atoms with E-state index in [9.17, 15) is 0 Å². The highest BCUT2D eigenvalue weighted by Gasteiger charge is 2.19. The Morgan fingerprint density at radius 2 is 2.12 bits per heavy atom. The zero-order valence-corrected chi connectivity index (χ0v) is 11.8. The summed E-state index contributed by atoms with van der Waals surface area (Å²) < 4.78 is 5.71. The van der Waals surface area contributed by atoms with Gasteiger partial charge in [0.1, 0.15) is 0 Å². The van der Waals surface area contributed by atoms with Gasteiger partial charge in [-0.05, 0) is 25.9 Å². The molecule has 16 heavy (non-hydrogen) atoms. The average molecular weight is 232 g/mol. The van der Waals surface area contributed by atoms with E-state index in [-0.39, 0.29) is 1.43 Å². The third-order valence-electron chi connectivity index (χ3n) is 2.56. The third kappa shape index (κ3) is 7.20. The quantitative estimate of drug-likeness (QED) is 0.786. The van der Waals surface area contributed by atoms with E-state index in [0.717, 1.165) is 38.6 Å². The van der Waals surface area contributed by atoms with Crippen LogP contribution < -0.4 is 5.32 Å². The first-order valence-corrected chi connectivity index (χ1v) is 6.71. The minimum Gasteiger partial charge on any atom is -0.376 e. The molecule has 0 bridgehead atoms. The molecule has 1 fully saturated rings. The molecule has 1 N–H and O–H groups in total. The highest BCUT2D eigenvalue weighted by Crippen LogP contribution is 2.09. The van der Waals surface area contributed by atoms with E-state index >= 15 is 0 Å². The van der Waals surface area contributed by atoms with Crippen molar-refractivity contribution in [1.29, 1.82) is 0 Å². The summed E-state index contributed by atoms with van der Waals surface area (Å²) in [6.45, 7) is 13.9. The molecule has 3 heteroatoms. The molecule has 0 aromatic carbocycles. The van der Waals surface area contributed by atoms with Crippen LogP contribution in [0.5, 0.6) is 0 Å². The van der Waals surface area contributed by atoms with Crippen molar-refractivity contribution >= 4 is 0 Å². The molecule has 0 radical (unpaired) electrons. The van der Waals surface area contributed by atoms with Gasteiger partial charge in [0, 0.05) is 21.1 Å². The summed E-state index contributed by atoms with van der Waals surface area (Å²) in [7, 11) is 1.99. The van der Waals surface area contributed by atoms with Crippen molar-refractivity contribution in [3.8, 4) is 0 Å². The first-order chi connectivity index (χ1) is 7.72. The van der Waals surface area contributed by atoms with Gasteiger partial charge in [0.2, 0.25) is 0 Å². The van der Waals surface area contributed by atoms with Gasteiger partial charge in [-0.1, -0.05) is 27.7 Å². The van der Waals surface area contributed by atoms with Gasteiger partial charge in [-0.15, -0.1) is 0 Å². The molecule has 1 aliphatic heterocycles. The number of rotatable bonds is 5. The summed E-state index contributed by atoms with van der Waals surface area (Å²) >= 11 is 0. The van der Waals surface area contributed by atoms with Gasteiger partial charge < -0.3 is 10.1 Å². The predicted octanol–water partition coefficient (Wildman–Crippen LogP) is 2.22. The first kappa shape index (κ1) is 15.9. The van der Waals surface area contributed by atoms with Crippen LogP contribution in [-0.4, -0.2) is 50.8 Å². The summed E-state index contributed by atoms with van der Waals surface area (Å²) in [5, 5.41) is 3.17. The van der Waals surface area contributed by atoms with Gasteiger partial charge in [-0.3, -0.25) is 4.90 Å². The van der Waals surface area contributed by atoms with E-state index in [1.54, 1.807) is 0 Å². The van der Waals surface area contributed by atoms with Crippen LogP contribution in [0.25, 0.3) is 0 Å². The molecule has 0 aromatic rings. The van der Waals surface area contributed by atoms with E-state index in [2.05, 4.69) is 24.1 Å². The molecular formula is C13H32N2O. The number of nitrogens with one attached hydrogen (secondary N) is 1. The van der Waals surface area contributed by atoms with Crippen LogP contribution in [0.15, 0.2) is 0 Å². The number of nitrogens with zero attached hydrogens (tertiary/aromatic N) is 1. The van der Waals surface area contributed by atoms with Crippen LogP contribution in [-0.2, 0) is 4.74 Å². The first-order valence-electron chi connectivity index (χ1n) is 6.71. The Hall–Kier alpha value is -0.120. The molecule has 0 unspecified atom stereocenters. The Balaban J connectivity index is 0. The number of hydrogen-bond acceptors (Lipinski definition) is 3. The Kier molecular flexibility index (Phi) is 9.99. The van der Waals surface area contributed by atoms with E-state index in [1.807, 2.05) is 20.9 Å². The maximum atomic E-state index is 5.71. The van der Waals surface area contributed by atoms with Crippen molar-refractivity contribution in [2.24, 2.45) is 5.92 Å². The molecule has 1 heterocycles. The molecule has 1 atom stereocenters. The predicted molar refractivity (Wildman–Crippen MR) is 73.0 cm³/mol. The Morgan fingerprint density at radius 3 is 2.69 bits per heavy atom. The fourth-order valence-corrected chi connectivity index (χ4v) is 1.94. The molecule has 100 valence electrons. The largest absolute Gasteiger partial charge is 0.376 e. The number of hydrogen-bond donors (Lipinski definition) is 1. The maximum Gasteiger partial charge on any atom is 0.0714 e. The molecule has 1 saturated heterocycles. The Morgan fingerprint density at radius 1 is 1.44 bits per heavy atom. The van der Waals surface area contributed by atoms with Gasteiger partial charge in [0.25, 0.3) is 0 Å². The van der Waals surface area contributed by atoms with Crippen molar-refractivity contribution in [3.05, 3.63) is 0 Å². The minimum atomic E-state index is 0. The van der Waals surface area contributed by atoms with Crippen LogP contribution in [0, 0.1) is 5.92 Å². The zero-order valence-electron chi connectivity index (χ0n) is 11.8. The van der Waals surface area contributed by atoms with Gasteiger partial charge >= 0.3 is 0 Å². The summed E-state index contributed by atoms with van der Waals surface area (Å²) in [6, 6.07) is 0. The lowest BCUT2D eigenvalue weighted by Crippen LogP contribution is -2.44. The molecule has 1 aliphatic rings. The van der Waals surface area contributed by atoms with Crippen molar-refractivity contribution in [1.82, 2.24) is 10.2 Å². The van der Waals surface area contributed by atoms with Crippen LogP contribution in [0.4, 0.5) is 0 Å². The van der Waals surface area contributed by atoms with Crippen molar-refractivity contribution in [3.63, 3.8) is 0 Å². The lowest BCUT2D eigenvalue weighted by atomic mass is 10.1. The molecular weight excluding hydrogens is 200 g/mol. The Labute approximate surface area is 103 Å². The second kappa shape index (κ2) is 10.1. The smallest absolute Gasteiger partial charge is 0.0714 e. The highest BCUT2D eigenvalue weighted by atomic mass is 16.5. The zero-order chi connectivity index (χ0) is 12.4. The molecule has 3 nitrogen and oxygen atoms in total. The van der Waals surface area contributed by atoms with E-state index in [0.29, 0.717) is 6.10 Å². The van der Waals surface area contributed by atoms with E-state index < -0.39 is 0 Å². The molecule has 0 spiro atoms. The Bertz CT molecular complexity index is 156. The van der Waals surface area contributed by atoms with Gasteiger partial charge in [0.15, 0.2) is 0 Å². The summed E-state index contributed by atoms with van der Waals surface area (Å²) in [4.78, 5) is 2.52. The molecule has 0 saturated carbocycles. The highest BCUT2D eigenvalue weighted by molar-refractivity contribution is 4.72. The monoisotopic (exact) mass is 232 g/mol. The fraction of sp³-hybridized carbons (Fsp3) is 1.00. The van der Waals surface area contributed by atoms with Crippen molar-refractivity contribution in [2.45, 2.75) is 40.2 Å². The van der Waals surface area contributed by atoms with Crippen LogP contribution in [0.3, 0.4) is 0 Å². The van der Waals surface area contributed by atoms with Crippen molar-refractivity contribution < 1.29 is 6.16 Å². The van der Waals surface area contributed by atoms with Gasteiger partial charge in [-0.25, -0.2) is 0 Å². The number of morpholine rings is 1. The summed E-state index contributed by atoms with van der Waals surface area (Å²) in [6.07, 6.45) is 1.57. The standard InChI is InChI=1S/C11H24N2O.C2H6.H2/c1-10(2)8-13-6-7-14-11(9-13)4-5-12-3;1-2;/h10-12H,4-9H2,1-3H3;1-2H3;1H/t11-;;/m1../s1. The second-order valence-corrected chi connectivity index (χ2v) is 4.54. The van der Waals surface area contributed by atoms with Crippen LogP contribution in [0.1, 0.15) is 35.5 Å². The van der Waals surface area contributed by atoms with Gasteiger partial charge in [0.05, 0.1) is 12.7 Å². The van der Waals surface area contributed by atoms with Crippen molar-refractivity contribution in [2.75, 3.05) is 39.8 Å². The molecule has 0 amide bonds. The molecule has 0 aliphatic carbocycles. The SMILES string of the molecule is CC.CNCC[C@@H]1CN(CC(C)C)CCO1.[HH]. The van der Waals surface area contributed by atoms with Crippen LogP contribution >= 0.6 is 0 Å². The number of ether oxygens (including phenoxy) is 1. The fourth-order valence-electron chi connectivity index (χ4n) is 1.94. The van der Waals surface area contributed by atoms with Crippen LogP contribution in [0.2, 0.25) is 0 Å². The lowest BCUT2D eigenvalue weighted by molar-refractivity contribution is -0.0344. The third-order valence-corrected chi connectivity index (χ3v) is 2.56. The second-order valence-electron chi connectivity index (χ2n) is 4.54. The normalized spacial score (nSPS) is 21.8. The minimum absolute atomic E-state index is 0. The lowest BCUT2D eigenvalue weighted by Gasteiger charge is -2.33. The molecule has 1 rings (SSSR count). The van der Waals surface area contributed by atoms with E-state index in [1.165, 1.54) is 6.54 Å². The summed E-state index contributed by atoms with van der Waals surface area (Å²) in [5.41, 5.74) is 0. The maximum absolute atomic E-state index is 5.71. The summed E-state index contributed by atoms with van der Waals surface area (Å²) in [5.74, 6) is 0.762. The average Bonchev–Trinajstić information content (AvgIpc) is 2.29. The van der Waals surface area contributed by atoms with E-state index in [4.69, 9.17) is 4.74 Å². The van der Waals surface area contributed by atoms with Gasteiger partial charge in [-0.2, -0.15) is 0 Å².